The van der Waals surface area contributed by atoms with Crippen molar-refractivity contribution in [1.29, 1.82) is 0 Å². The van der Waals surface area contributed by atoms with Gasteiger partial charge < -0.3 is 10.0 Å². The van der Waals surface area contributed by atoms with Crippen LogP contribution in [0.15, 0.2) is 42.5 Å². The summed E-state index contributed by atoms with van der Waals surface area (Å²) in [6.45, 7) is 0.768. The van der Waals surface area contributed by atoms with E-state index < -0.39 is 6.10 Å². The minimum absolute atomic E-state index is 0.0731. The first kappa shape index (κ1) is 21.1. The molecule has 1 aliphatic carbocycles. The van der Waals surface area contributed by atoms with Crippen molar-refractivity contribution in [1.82, 2.24) is 25.5 Å². The van der Waals surface area contributed by atoms with Gasteiger partial charge in [0.25, 0.3) is 5.24 Å². The lowest BCUT2D eigenvalue weighted by Crippen LogP contribution is -2.33. The Morgan fingerprint density at radius 1 is 1.23 bits per heavy atom. The average Bonchev–Trinajstić information content (AvgIpc) is 3.28. The maximum atomic E-state index is 12.3. The molecule has 4 rings (SSSR count). The highest BCUT2D eigenvalue weighted by Gasteiger charge is 2.49. The minimum Gasteiger partial charge on any atom is -0.388 e. The molecule has 7 nitrogen and oxygen atoms in total. The number of aromatic nitrogens is 4. The number of carbonyl (C=O) groups is 1. The van der Waals surface area contributed by atoms with Crippen LogP contribution < -0.4 is 0 Å². The zero-order valence-electron chi connectivity index (χ0n) is 17.1. The number of aliphatic hydroxyl groups excluding tert-OH is 1. The quantitative estimate of drug-likeness (QED) is 0.421. The van der Waals surface area contributed by atoms with E-state index in [1.807, 2.05) is 35.3 Å². The van der Waals surface area contributed by atoms with Crippen LogP contribution in [0.2, 0.25) is 0 Å². The van der Waals surface area contributed by atoms with Crippen LogP contribution in [0.25, 0.3) is 0 Å². The van der Waals surface area contributed by atoms with Gasteiger partial charge in [-0.2, -0.15) is 0 Å². The van der Waals surface area contributed by atoms with Crippen molar-refractivity contribution >= 4 is 17.0 Å². The summed E-state index contributed by atoms with van der Waals surface area (Å²) in [7, 11) is 0. The van der Waals surface area contributed by atoms with E-state index in [0.717, 1.165) is 63.1 Å². The standard InChI is InChI=1S/C22H29N5O2S/c28-19(22(13-14-22)17-8-4-3-5-9-17)12-11-18-16-30-21(29)27(18)15-7-2-1-6-10-20-23-25-26-24-20/h3-5,8-9,11-12,18-19,28H,1-2,6-7,10,13-16H2,(H,23,24,25,26). The van der Waals surface area contributed by atoms with Gasteiger partial charge in [0.2, 0.25) is 0 Å². The summed E-state index contributed by atoms with van der Waals surface area (Å²) in [4.78, 5) is 14.3. The molecule has 2 fully saturated rings. The maximum Gasteiger partial charge on any atom is 0.282 e. The van der Waals surface area contributed by atoms with Crippen LogP contribution in [-0.2, 0) is 11.8 Å². The summed E-state index contributed by atoms with van der Waals surface area (Å²) in [6.07, 6.45) is 10.5. The molecule has 1 amide bonds. The fraction of sp³-hybridized carbons (Fsp3) is 0.545. The van der Waals surface area contributed by atoms with Crippen molar-refractivity contribution in [3.63, 3.8) is 0 Å². The molecule has 0 spiro atoms. The van der Waals surface area contributed by atoms with Crippen molar-refractivity contribution < 1.29 is 9.90 Å². The topological polar surface area (TPSA) is 95.0 Å². The predicted octanol–water partition coefficient (Wildman–Crippen LogP) is 3.49. The van der Waals surface area contributed by atoms with Crippen molar-refractivity contribution in [2.75, 3.05) is 12.3 Å². The number of hydrogen-bond acceptors (Lipinski definition) is 6. The molecule has 2 aliphatic rings. The van der Waals surface area contributed by atoms with Gasteiger partial charge in [0, 0.05) is 24.1 Å². The third-order valence-corrected chi connectivity index (χ3v) is 7.17. The highest BCUT2D eigenvalue weighted by atomic mass is 32.2. The highest BCUT2D eigenvalue weighted by molar-refractivity contribution is 8.13. The van der Waals surface area contributed by atoms with E-state index in [4.69, 9.17) is 0 Å². The van der Waals surface area contributed by atoms with Crippen LogP contribution in [0.5, 0.6) is 0 Å². The number of aryl methyl sites for hydroxylation is 1. The van der Waals surface area contributed by atoms with E-state index >= 15 is 0 Å². The summed E-state index contributed by atoms with van der Waals surface area (Å²) < 4.78 is 0. The van der Waals surface area contributed by atoms with Crippen LogP contribution in [0.1, 0.15) is 49.9 Å². The van der Waals surface area contributed by atoms with Crippen LogP contribution >= 0.6 is 11.8 Å². The van der Waals surface area contributed by atoms with E-state index in [-0.39, 0.29) is 16.7 Å². The smallest absolute Gasteiger partial charge is 0.282 e. The number of thioether (sulfide) groups is 1. The number of nitrogens with zero attached hydrogens (tertiary/aromatic N) is 4. The molecule has 8 heteroatoms. The van der Waals surface area contributed by atoms with Gasteiger partial charge in [-0.15, -0.1) is 5.10 Å². The summed E-state index contributed by atoms with van der Waals surface area (Å²) in [6, 6.07) is 10.3. The predicted molar refractivity (Wildman–Crippen MR) is 117 cm³/mol. The van der Waals surface area contributed by atoms with Gasteiger partial charge in [-0.1, -0.05) is 67.1 Å². The Hall–Kier alpha value is -2.19. The Kier molecular flexibility index (Phi) is 6.84. The molecule has 2 unspecified atom stereocenters. The van der Waals surface area contributed by atoms with E-state index in [2.05, 4.69) is 32.8 Å². The fourth-order valence-corrected chi connectivity index (χ4v) is 5.17. The van der Waals surface area contributed by atoms with Gasteiger partial charge in [0.15, 0.2) is 0 Å². The Bertz CT molecular complexity index is 838. The molecule has 2 aromatic rings. The Labute approximate surface area is 181 Å². The number of amides is 1. The Morgan fingerprint density at radius 2 is 2.03 bits per heavy atom. The third-order valence-electron chi connectivity index (χ3n) is 6.18. The number of aliphatic hydroxyl groups is 1. The number of carbonyl (C=O) groups excluding carboxylic acids is 1. The van der Waals surface area contributed by atoms with Gasteiger partial charge in [-0.25, -0.2) is 5.10 Å². The first-order chi connectivity index (χ1) is 14.7. The molecule has 0 radical (unpaired) electrons. The zero-order chi connectivity index (χ0) is 20.8. The lowest BCUT2D eigenvalue weighted by Gasteiger charge is -2.23. The molecular weight excluding hydrogens is 398 g/mol. The van der Waals surface area contributed by atoms with Crippen LogP contribution in [0.3, 0.4) is 0 Å². The second-order valence-corrected chi connectivity index (χ2v) is 9.17. The molecule has 1 aromatic carbocycles. The molecule has 1 aliphatic heterocycles. The van der Waals surface area contributed by atoms with Gasteiger partial charge in [-0.05, 0) is 41.7 Å². The molecule has 160 valence electrons. The summed E-state index contributed by atoms with van der Waals surface area (Å²) in [5.74, 6) is 1.59. The number of H-pyrrole nitrogens is 1. The molecule has 0 bridgehead atoms. The SMILES string of the molecule is O=C1SCC(C=CC(O)C2(c3ccccc3)CC2)N1CCCCCCc1nnn[nH]1. The lowest BCUT2D eigenvalue weighted by atomic mass is 9.89. The van der Waals surface area contributed by atoms with E-state index in [1.54, 1.807) is 0 Å². The van der Waals surface area contributed by atoms with E-state index in [0.29, 0.717) is 0 Å². The van der Waals surface area contributed by atoms with Gasteiger partial charge in [-0.3, -0.25) is 4.79 Å². The van der Waals surface area contributed by atoms with E-state index in [9.17, 15) is 9.90 Å². The molecule has 1 aromatic heterocycles. The van der Waals surface area contributed by atoms with Gasteiger partial charge >= 0.3 is 0 Å². The normalized spacial score (nSPS) is 21.4. The monoisotopic (exact) mass is 427 g/mol. The number of aromatic amines is 1. The Morgan fingerprint density at radius 3 is 2.77 bits per heavy atom. The first-order valence-electron chi connectivity index (χ1n) is 10.8. The fourth-order valence-electron chi connectivity index (χ4n) is 4.17. The number of nitrogens with one attached hydrogen (secondary N) is 1. The molecule has 2 atom stereocenters. The summed E-state index contributed by atoms with van der Waals surface area (Å²) >= 11 is 1.38. The minimum atomic E-state index is -0.506. The highest BCUT2D eigenvalue weighted by Crippen LogP contribution is 2.51. The summed E-state index contributed by atoms with van der Waals surface area (Å²) in [5, 5.41) is 24.8. The number of benzene rings is 1. The number of tetrazole rings is 1. The van der Waals surface area contributed by atoms with Crippen molar-refractivity contribution in [3.05, 3.63) is 53.9 Å². The van der Waals surface area contributed by atoms with Crippen LogP contribution in [0, 0.1) is 0 Å². The molecule has 2 heterocycles. The average molecular weight is 428 g/mol. The molecule has 1 saturated heterocycles. The van der Waals surface area contributed by atoms with Gasteiger partial charge in [0.05, 0.1) is 12.1 Å². The third kappa shape index (κ3) is 4.92. The van der Waals surface area contributed by atoms with Crippen molar-refractivity contribution in [3.8, 4) is 0 Å². The first-order valence-corrected chi connectivity index (χ1v) is 11.8. The van der Waals surface area contributed by atoms with Crippen LogP contribution in [0.4, 0.5) is 4.79 Å². The lowest BCUT2D eigenvalue weighted by molar-refractivity contribution is 0.177. The number of rotatable bonds is 11. The zero-order valence-corrected chi connectivity index (χ0v) is 17.9. The maximum absolute atomic E-state index is 12.3. The van der Waals surface area contributed by atoms with Crippen LogP contribution in [-0.4, -0.2) is 60.3 Å². The second kappa shape index (κ2) is 9.75. The van der Waals surface area contributed by atoms with E-state index in [1.165, 1.54) is 17.3 Å². The molecule has 1 saturated carbocycles. The Balaban J connectivity index is 1.23. The second-order valence-electron chi connectivity index (χ2n) is 8.20. The van der Waals surface area contributed by atoms with Gasteiger partial charge in [0.1, 0.15) is 5.82 Å². The molecule has 2 N–H and O–H groups in total. The number of unbranched alkanes of at least 4 members (excludes halogenated alkanes) is 3. The molecular formula is C22H29N5O2S. The molecule has 30 heavy (non-hydrogen) atoms. The van der Waals surface area contributed by atoms with Crippen molar-refractivity contribution in [2.24, 2.45) is 0 Å². The van der Waals surface area contributed by atoms with Crippen molar-refractivity contribution in [2.45, 2.75) is 62.5 Å². The number of hydrogen-bond donors (Lipinski definition) is 2. The summed E-state index contributed by atoms with van der Waals surface area (Å²) in [5.41, 5.74) is 1.06. The largest absolute Gasteiger partial charge is 0.388 e.